The molecule has 2 aromatic rings. The van der Waals surface area contributed by atoms with E-state index in [4.69, 9.17) is 4.74 Å². The lowest BCUT2D eigenvalue weighted by Crippen LogP contribution is -2.18. The van der Waals surface area contributed by atoms with Gasteiger partial charge in [0.1, 0.15) is 6.61 Å². The second-order valence-corrected chi connectivity index (χ2v) is 8.36. The van der Waals surface area contributed by atoms with Crippen molar-refractivity contribution < 1.29 is 9.53 Å². The molecule has 0 heterocycles. The lowest BCUT2D eigenvalue weighted by Gasteiger charge is -2.25. The Hall–Kier alpha value is -2.09. The zero-order chi connectivity index (χ0) is 18.0. The minimum Gasteiger partial charge on any atom is -0.457 e. The molecule has 0 bridgehead atoms. The Morgan fingerprint density at radius 2 is 1.33 bits per heavy atom. The number of benzene rings is 2. The fourth-order valence-corrected chi connectivity index (χ4v) is 2.42. The number of rotatable bonds is 3. The summed E-state index contributed by atoms with van der Waals surface area (Å²) in [4.78, 5) is 12.6. The summed E-state index contributed by atoms with van der Waals surface area (Å²) in [6.07, 6.45) is 0. The van der Waals surface area contributed by atoms with Gasteiger partial charge in [-0.3, -0.25) is 0 Å². The topological polar surface area (TPSA) is 26.3 Å². The van der Waals surface area contributed by atoms with Crippen LogP contribution in [0.1, 0.15) is 68.6 Å². The molecule has 0 aliphatic heterocycles. The average molecular weight is 324 g/mol. The van der Waals surface area contributed by atoms with Gasteiger partial charge >= 0.3 is 5.97 Å². The monoisotopic (exact) mass is 324 g/mol. The molecule has 0 aromatic heterocycles. The van der Waals surface area contributed by atoms with Gasteiger partial charge in [-0.2, -0.15) is 0 Å². The van der Waals surface area contributed by atoms with Crippen molar-refractivity contribution in [3.63, 3.8) is 0 Å². The fourth-order valence-electron chi connectivity index (χ4n) is 2.42. The third-order valence-electron chi connectivity index (χ3n) is 4.11. The summed E-state index contributed by atoms with van der Waals surface area (Å²) in [5.74, 6) is -0.268. The highest BCUT2D eigenvalue weighted by Gasteiger charge is 2.22. The van der Waals surface area contributed by atoms with Gasteiger partial charge in [0.25, 0.3) is 0 Å². The third kappa shape index (κ3) is 4.70. The van der Waals surface area contributed by atoms with Crippen LogP contribution in [0, 0.1) is 0 Å². The number of hydrogen-bond acceptors (Lipinski definition) is 2. The molecular weight excluding hydrogens is 296 g/mol. The molecule has 0 saturated carbocycles. The highest BCUT2D eigenvalue weighted by atomic mass is 16.5. The van der Waals surface area contributed by atoms with Gasteiger partial charge in [-0.15, -0.1) is 0 Å². The molecule has 0 spiro atoms. The van der Waals surface area contributed by atoms with E-state index in [1.807, 2.05) is 42.5 Å². The maximum Gasteiger partial charge on any atom is 0.338 e. The van der Waals surface area contributed by atoms with E-state index in [1.54, 1.807) is 0 Å². The van der Waals surface area contributed by atoms with Gasteiger partial charge in [0, 0.05) is 0 Å². The molecule has 2 rings (SSSR count). The summed E-state index contributed by atoms with van der Waals surface area (Å²) < 4.78 is 5.51. The first-order chi connectivity index (χ1) is 11.1. The van der Waals surface area contributed by atoms with Gasteiger partial charge in [0.15, 0.2) is 0 Å². The second-order valence-electron chi connectivity index (χ2n) is 8.36. The average Bonchev–Trinajstić information content (AvgIpc) is 2.51. The van der Waals surface area contributed by atoms with Crippen LogP contribution in [0.15, 0.2) is 48.5 Å². The normalized spacial score (nSPS) is 12.1. The van der Waals surface area contributed by atoms with Crippen LogP contribution in [-0.2, 0) is 22.2 Å². The van der Waals surface area contributed by atoms with E-state index in [0.717, 1.165) is 16.7 Å². The first kappa shape index (κ1) is 18.3. The first-order valence-electron chi connectivity index (χ1n) is 8.44. The number of ether oxygens (including phenoxy) is 1. The van der Waals surface area contributed by atoms with Crippen molar-refractivity contribution in [2.75, 3.05) is 0 Å². The van der Waals surface area contributed by atoms with Crippen molar-refractivity contribution in [1.82, 2.24) is 0 Å². The van der Waals surface area contributed by atoms with Crippen molar-refractivity contribution >= 4 is 5.97 Å². The van der Waals surface area contributed by atoms with E-state index >= 15 is 0 Å². The van der Waals surface area contributed by atoms with E-state index in [-0.39, 0.29) is 16.8 Å². The molecule has 0 N–H and O–H groups in total. The first-order valence-corrected chi connectivity index (χ1v) is 8.44. The van der Waals surface area contributed by atoms with Crippen molar-refractivity contribution in [1.29, 1.82) is 0 Å². The summed E-state index contributed by atoms with van der Waals surface area (Å²) in [5.41, 5.74) is 3.89. The van der Waals surface area contributed by atoms with Crippen molar-refractivity contribution in [2.45, 2.75) is 59.0 Å². The van der Waals surface area contributed by atoms with E-state index in [9.17, 15) is 4.79 Å². The molecule has 2 nitrogen and oxygen atoms in total. The van der Waals surface area contributed by atoms with Crippen LogP contribution in [0.25, 0.3) is 0 Å². The van der Waals surface area contributed by atoms with Crippen LogP contribution in [0.4, 0.5) is 0 Å². The number of carbonyl (C=O) groups excluding carboxylic acids is 1. The lowest BCUT2D eigenvalue weighted by atomic mass is 9.79. The van der Waals surface area contributed by atoms with Gasteiger partial charge < -0.3 is 4.74 Å². The smallest absolute Gasteiger partial charge is 0.338 e. The van der Waals surface area contributed by atoms with Crippen LogP contribution < -0.4 is 0 Å². The predicted octanol–water partition coefficient (Wildman–Crippen LogP) is 5.64. The fraction of sp³-hybridized carbons (Fsp3) is 0.409. The largest absolute Gasteiger partial charge is 0.457 e. The molecule has 2 heteroatoms. The molecule has 24 heavy (non-hydrogen) atoms. The van der Waals surface area contributed by atoms with Crippen molar-refractivity contribution in [2.24, 2.45) is 0 Å². The SMILES string of the molecule is CC(C)(C)c1cc(C(=O)OCc2ccccc2)cc(C(C)(C)C)c1. The Bertz CT molecular complexity index is 669. The van der Waals surface area contributed by atoms with E-state index in [0.29, 0.717) is 12.2 Å². The van der Waals surface area contributed by atoms with Crippen molar-refractivity contribution in [3.05, 3.63) is 70.8 Å². The number of carbonyl (C=O) groups is 1. The predicted molar refractivity (Wildman–Crippen MR) is 99.4 cm³/mol. The van der Waals surface area contributed by atoms with Gasteiger partial charge in [0.2, 0.25) is 0 Å². The summed E-state index contributed by atoms with van der Waals surface area (Å²) in [6, 6.07) is 15.9. The number of esters is 1. The molecule has 2 aromatic carbocycles. The maximum absolute atomic E-state index is 12.6. The summed E-state index contributed by atoms with van der Waals surface area (Å²) in [7, 11) is 0. The maximum atomic E-state index is 12.6. The molecule has 0 atom stereocenters. The standard InChI is InChI=1S/C22H28O2/c1-21(2,3)18-12-17(13-19(14-18)22(4,5)6)20(23)24-15-16-10-8-7-9-11-16/h7-14H,15H2,1-6H3. The van der Waals surface area contributed by atoms with Gasteiger partial charge in [-0.25, -0.2) is 4.79 Å². The molecule has 0 fully saturated rings. The van der Waals surface area contributed by atoms with Crippen LogP contribution in [0.2, 0.25) is 0 Å². The van der Waals surface area contributed by atoms with Gasteiger partial charge in [-0.05, 0) is 39.7 Å². The Morgan fingerprint density at radius 3 is 1.79 bits per heavy atom. The van der Waals surface area contributed by atoms with Crippen molar-refractivity contribution in [3.8, 4) is 0 Å². The quantitative estimate of drug-likeness (QED) is 0.683. The van der Waals surface area contributed by atoms with E-state index in [1.165, 1.54) is 0 Å². The molecule has 0 radical (unpaired) electrons. The molecule has 0 saturated heterocycles. The number of hydrogen-bond donors (Lipinski definition) is 0. The summed E-state index contributed by atoms with van der Waals surface area (Å²) in [6.45, 7) is 13.3. The Morgan fingerprint density at radius 1 is 0.833 bits per heavy atom. The second kappa shape index (κ2) is 6.80. The van der Waals surface area contributed by atoms with Crippen LogP contribution >= 0.6 is 0 Å². The molecule has 0 amide bonds. The van der Waals surface area contributed by atoms with Crippen LogP contribution in [0.5, 0.6) is 0 Å². The Kier molecular flexibility index (Phi) is 5.17. The molecule has 0 aliphatic carbocycles. The van der Waals surface area contributed by atoms with E-state index < -0.39 is 0 Å². The Labute approximate surface area is 145 Å². The summed E-state index contributed by atoms with van der Waals surface area (Å²) in [5, 5.41) is 0. The third-order valence-corrected chi connectivity index (χ3v) is 4.11. The Balaban J connectivity index is 2.29. The van der Waals surface area contributed by atoms with Gasteiger partial charge in [-0.1, -0.05) is 77.9 Å². The summed E-state index contributed by atoms with van der Waals surface area (Å²) >= 11 is 0. The molecule has 0 aliphatic rings. The highest BCUT2D eigenvalue weighted by molar-refractivity contribution is 5.90. The van der Waals surface area contributed by atoms with Crippen LogP contribution in [0.3, 0.4) is 0 Å². The molecule has 128 valence electrons. The minimum atomic E-state index is -0.268. The van der Waals surface area contributed by atoms with E-state index in [2.05, 4.69) is 47.6 Å². The minimum absolute atomic E-state index is 0.0181. The van der Waals surface area contributed by atoms with Gasteiger partial charge in [0.05, 0.1) is 5.56 Å². The van der Waals surface area contributed by atoms with Crippen LogP contribution in [-0.4, -0.2) is 5.97 Å². The zero-order valence-corrected chi connectivity index (χ0v) is 15.6. The molecule has 0 unspecified atom stereocenters. The lowest BCUT2D eigenvalue weighted by molar-refractivity contribution is 0.0472. The highest BCUT2D eigenvalue weighted by Crippen LogP contribution is 2.30. The molecular formula is C22H28O2. The zero-order valence-electron chi connectivity index (χ0n) is 15.6.